The first-order chi connectivity index (χ1) is 9.63. The number of hydrogen-bond donors (Lipinski definition) is 0. The molecule has 100 valence electrons. The lowest BCUT2D eigenvalue weighted by Crippen LogP contribution is -1.99. The zero-order chi connectivity index (χ0) is 14.1. The molecule has 3 nitrogen and oxygen atoms in total. The molecule has 3 rings (SSSR count). The van der Waals surface area contributed by atoms with Crippen LogP contribution in [-0.4, -0.2) is 14.8 Å². The predicted octanol–water partition coefficient (Wildman–Crippen LogP) is 4.55. The maximum atomic E-state index is 5.92. The molecular weight excluding hydrogens is 293 g/mol. The fourth-order valence-corrected chi connectivity index (χ4v) is 2.22. The van der Waals surface area contributed by atoms with Crippen LogP contribution in [-0.2, 0) is 0 Å². The second-order valence-corrected chi connectivity index (χ2v) is 5.25. The monoisotopic (exact) mass is 303 g/mol. The highest BCUT2D eigenvalue weighted by molar-refractivity contribution is 6.30. The Bertz CT molecular complexity index is 668. The summed E-state index contributed by atoms with van der Waals surface area (Å²) in [6.07, 6.45) is 0. The van der Waals surface area contributed by atoms with Crippen molar-refractivity contribution >= 4 is 23.2 Å². The van der Waals surface area contributed by atoms with Crippen molar-refractivity contribution in [2.75, 3.05) is 0 Å². The van der Waals surface area contributed by atoms with Crippen LogP contribution in [0.25, 0.3) is 17.1 Å². The molecule has 0 aliphatic heterocycles. The Morgan fingerprint density at radius 3 is 2.00 bits per heavy atom. The highest BCUT2D eigenvalue weighted by atomic mass is 35.5. The maximum absolute atomic E-state index is 5.92. The summed E-state index contributed by atoms with van der Waals surface area (Å²) >= 11 is 11.8. The topological polar surface area (TPSA) is 30.7 Å². The van der Waals surface area contributed by atoms with Gasteiger partial charge in [0.1, 0.15) is 5.82 Å². The SMILES string of the molecule is Cc1nc(-c2ccc(Cl)cc2)n(-c2ccc(Cl)cc2)n1. The first-order valence-electron chi connectivity index (χ1n) is 6.09. The van der Waals surface area contributed by atoms with E-state index in [9.17, 15) is 0 Å². The summed E-state index contributed by atoms with van der Waals surface area (Å²) in [5.74, 6) is 1.49. The average Bonchev–Trinajstić information content (AvgIpc) is 2.82. The Morgan fingerprint density at radius 2 is 1.40 bits per heavy atom. The second-order valence-electron chi connectivity index (χ2n) is 4.38. The van der Waals surface area contributed by atoms with Crippen LogP contribution in [0.1, 0.15) is 5.82 Å². The van der Waals surface area contributed by atoms with Gasteiger partial charge < -0.3 is 0 Å². The van der Waals surface area contributed by atoms with E-state index in [0.717, 1.165) is 17.1 Å². The number of rotatable bonds is 2. The molecule has 0 spiro atoms. The normalized spacial score (nSPS) is 10.8. The molecule has 0 unspecified atom stereocenters. The zero-order valence-corrected chi connectivity index (χ0v) is 12.2. The van der Waals surface area contributed by atoms with Crippen LogP contribution in [0.4, 0.5) is 0 Å². The molecule has 0 N–H and O–H groups in total. The van der Waals surface area contributed by atoms with Crippen molar-refractivity contribution in [3.05, 3.63) is 64.4 Å². The minimum Gasteiger partial charge on any atom is -0.213 e. The van der Waals surface area contributed by atoms with E-state index in [1.807, 2.05) is 55.5 Å². The van der Waals surface area contributed by atoms with E-state index in [2.05, 4.69) is 10.1 Å². The summed E-state index contributed by atoms with van der Waals surface area (Å²) in [6.45, 7) is 1.87. The molecule has 1 heterocycles. The van der Waals surface area contributed by atoms with Gasteiger partial charge in [-0.05, 0) is 55.5 Å². The first kappa shape index (κ1) is 13.2. The zero-order valence-electron chi connectivity index (χ0n) is 10.7. The molecule has 0 fully saturated rings. The van der Waals surface area contributed by atoms with Crippen molar-refractivity contribution in [2.45, 2.75) is 6.92 Å². The molecule has 0 saturated carbocycles. The molecule has 5 heteroatoms. The van der Waals surface area contributed by atoms with Crippen molar-refractivity contribution in [3.63, 3.8) is 0 Å². The van der Waals surface area contributed by atoms with Crippen molar-refractivity contribution < 1.29 is 0 Å². The molecular formula is C15H11Cl2N3. The standard InChI is InChI=1S/C15H11Cl2N3/c1-10-18-15(11-2-4-12(16)5-3-11)20(19-10)14-8-6-13(17)7-9-14/h2-9H,1H3. The Labute approximate surface area is 126 Å². The summed E-state index contributed by atoms with van der Waals surface area (Å²) in [6, 6.07) is 15.0. The van der Waals surface area contributed by atoms with Gasteiger partial charge in [-0.15, -0.1) is 0 Å². The van der Waals surface area contributed by atoms with E-state index in [4.69, 9.17) is 23.2 Å². The van der Waals surface area contributed by atoms with Gasteiger partial charge in [0.15, 0.2) is 5.82 Å². The molecule has 0 amide bonds. The minimum absolute atomic E-state index is 0.693. The van der Waals surface area contributed by atoms with Crippen molar-refractivity contribution in [1.29, 1.82) is 0 Å². The van der Waals surface area contributed by atoms with Gasteiger partial charge in [0.25, 0.3) is 0 Å². The van der Waals surface area contributed by atoms with Crippen LogP contribution < -0.4 is 0 Å². The number of halogens is 2. The van der Waals surface area contributed by atoms with Gasteiger partial charge >= 0.3 is 0 Å². The lowest BCUT2D eigenvalue weighted by Gasteiger charge is -2.06. The van der Waals surface area contributed by atoms with Gasteiger partial charge in [-0.2, -0.15) is 5.10 Å². The van der Waals surface area contributed by atoms with Crippen LogP contribution >= 0.6 is 23.2 Å². The molecule has 20 heavy (non-hydrogen) atoms. The second kappa shape index (κ2) is 5.27. The highest BCUT2D eigenvalue weighted by Crippen LogP contribution is 2.23. The summed E-state index contributed by atoms with van der Waals surface area (Å²) in [7, 11) is 0. The third-order valence-electron chi connectivity index (χ3n) is 2.89. The number of aryl methyl sites for hydroxylation is 1. The molecule has 0 aliphatic carbocycles. The number of benzene rings is 2. The molecule has 0 atom stereocenters. The Hall–Kier alpha value is -1.84. The van der Waals surface area contributed by atoms with E-state index in [-0.39, 0.29) is 0 Å². The first-order valence-corrected chi connectivity index (χ1v) is 6.84. The highest BCUT2D eigenvalue weighted by Gasteiger charge is 2.11. The predicted molar refractivity (Wildman–Crippen MR) is 81.6 cm³/mol. The summed E-state index contributed by atoms with van der Waals surface area (Å²) in [5, 5.41) is 5.83. The Kier molecular flexibility index (Phi) is 3.47. The quantitative estimate of drug-likeness (QED) is 0.695. The van der Waals surface area contributed by atoms with Gasteiger partial charge in [-0.1, -0.05) is 23.2 Å². The summed E-state index contributed by atoms with van der Waals surface area (Å²) in [4.78, 5) is 4.49. The minimum atomic E-state index is 0.693. The number of aromatic nitrogens is 3. The van der Waals surface area contributed by atoms with E-state index in [1.165, 1.54) is 0 Å². The maximum Gasteiger partial charge on any atom is 0.163 e. The Morgan fingerprint density at radius 1 is 0.850 bits per heavy atom. The van der Waals surface area contributed by atoms with Crippen LogP contribution in [0.2, 0.25) is 10.0 Å². The van der Waals surface area contributed by atoms with E-state index in [0.29, 0.717) is 15.9 Å². The summed E-state index contributed by atoms with van der Waals surface area (Å²) < 4.78 is 1.80. The number of nitrogens with zero attached hydrogens (tertiary/aromatic N) is 3. The van der Waals surface area contributed by atoms with E-state index < -0.39 is 0 Å². The van der Waals surface area contributed by atoms with Crippen molar-refractivity contribution in [3.8, 4) is 17.1 Å². The van der Waals surface area contributed by atoms with E-state index >= 15 is 0 Å². The largest absolute Gasteiger partial charge is 0.213 e. The molecule has 1 aromatic heterocycles. The lowest BCUT2D eigenvalue weighted by atomic mass is 10.2. The van der Waals surface area contributed by atoms with Gasteiger partial charge in [-0.3, -0.25) is 0 Å². The lowest BCUT2D eigenvalue weighted by molar-refractivity contribution is 0.869. The van der Waals surface area contributed by atoms with Gasteiger partial charge in [0.05, 0.1) is 5.69 Å². The molecule has 2 aromatic carbocycles. The van der Waals surface area contributed by atoms with Crippen molar-refractivity contribution in [1.82, 2.24) is 14.8 Å². The molecule has 0 aliphatic rings. The molecule has 3 aromatic rings. The fourth-order valence-electron chi connectivity index (χ4n) is 1.96. The third kappa shape index (κ3) is 2.55. The Balaban J connectivity index is 2.12. The molecule has 0 saturated heterocycles. The number of hydrogen-bond acceptors (Lipinski definition) is 2. The summed E-state index contributed by atoms with van der Waals surface area (Å²) in [5.41, 5.74) is 1.88. The van der Waals surface area contributed by atoms with Crippen LogP contribution in [0, 0.1) is 6.92 Å². The van der Waals surface area contributed by atoms with Crippen LogP contribution in [0.3, 0.4) is 0 Å². The van der Waals surface area contributed by atoms with Gasteiger partial charge in [0.2, 0.25) is 0 Å². The van der Waals surface area contributed by atoms with Crippen molar-refractivity contribution in [2.24, 2.45) is 0 Å². The fraction of sp³-hybridized carbons (Fsp3) is 0.0667. The van der Waals surface area contributed by atoms with Crippen LogP contribution in [0.15, 0.2) is 48.5 Å². The molecule has 0 radical (unpaired) electrons. The van der Waals surface area contributed by atoms with Crippen LogP contribution in [0.5, 0.6) is 0 Å². The molecule has 0 bridgehead atoms. The average molecular weight is 304 g/mol. The third-order valence-corrected chi connectivity index (χ3v) is 3.39. The van der Waals surface area contributed by atoms with E-state index in [1.54, 1.807) is 4.68 Å². The van der Waals surface area contributed by atoms with Gasteiger partial charge in [-0.25, -0.2) is 9.67 Å². The van der Waals surface area contributed by atoms with Gasteiger partial charge in [0, 0.05) is 15.6 Å². The smallest absolute Gasteiger partial charge is 0.163 e.